The molecule has 1 rings (SSSR count). The van der Waals surface area contributed by atoms with Crippen molar-refractivity contribution in [2.75, 3.05) is 6.54 Å². The summed E-state index contributed by atoms with van der Waals surface area (Å²) in [5.74, 6) is -1.72. The van der Waals surface area contributed by atoms with E-state index in [0.29, 0.717) is 12.2 Å². The first kappa shape index (κ1) is 28.0. The third-order valence-electron chi connectivity index (χ3n) is 5.60. The molecule has 182 valence electrons. The molecule has 0 aliphatic carbocycles. The Labute approximate surface area is 191 Å². The third kappa shape index (κ3) is 10.5. The number of carbonyl (C=O) groups excluding carboxylic acids is 2. The number of rotatable bonds is 17. The van der Waals surface area contributed by atoms with Gasteiger partial charge in [0.2, 0.25) is 0 Å². The molecule has 0 aromatic carbocycles. The quantitative estimate of drug-likeness (QED) is 0.231. The SMILES string of the molecule is CCCCCCCCCCCCNC(=O)C(O)C(C)(O)C(O)C(=O)NCc1ccccn1. The van der Waals surface area contributed by atoms with E-state index >= 15 is 0 Å². The van der Waals surface area contributed by atoms with Crippen molar-refractivity contribution >= 4 is 11.8 Å². The van der Waals surface area contributed by atoms with Gasteiger partial charge in [0.05, 0.1) is 12.2 Å². The standard InChI is InChI=1S/C24H41N3O5/c1-3-4-5-6-7-8-9-10-11-13-17-26-22(30)20(28)24(2,32)21(29)23(31)27-18-19-15-12-14-16-25-19/h12,14-16,20-21,28-29,32H,3-11,13,17-18H2,1-2H3,(H,26,30)(H,27,31). The summed E-state index contributed by atoms with van der Waals surface area (Å²) < 4.78 is 0. The van der Waals surface area contributed by atoms with Crippen LogP contribution in [0.5, 0.6) is 0 Å². The van der Waals surface area contributed by atoms with Gasteiger partial charge in [-0.2, -0.15) is 0 Å². The minimum absolute atomic E-state index is 0.0494. The fraction of sp³-hybridized carbons (Fsp3) is 0.708. The lowest BCUT2D eigenvalue weighted by molar-refractivity contribution is -0.169. The monoisotopic (exact) mass is 451 g/mol. The molecule has 1 aromatic heterocycles. The zero-order valence-electron chi connectivity index (χ0n) is 19.6. The first-order chi connectivity index (χ1) is 15.3. The number of pyridine rings is 1. The van der Waals surface area contributed by atoms with Gasteiger partial charge in [0, 0.05) is 12.7 Å². The fourth-order valence-electron chi connectivity index (χ4n) is 3.38. The molecule has 8 heteroatoms. The van der Waals surface area contributed by atoms with Crippen LogP contribution >= 0.6 is 0 Å². The smallest absolute Gasteiger partial charge is 0.252 e. The van der Waals surface area contributed by atoms with E-state index < -0.39 is 29.6 Å². The minimum Gasteiger partial charge on any atom is -0.384 e. The maximum atomic E-state index is 12.2. The van der Waals surface area contributed by atoms with Gasteiger partial charge in [0.1, 0.15) is 5.60 Å². The Bertz CT molecular complexity index is 654. The van der Waals surface area contributed by atoms with Gasteiger partial charge in [-0.15, -0.1) is 0 Å². The van der Waals surface area contributed by atoms with Crippen LogP contribution in [-0.2, 0) is 16.1 Å². The molecule has 0 saturated heterocycles. The topological polar surface area (TPSA) is 132 Å². The summed E-state index contributed by atoms with van der Waals surface area (Å²) in [5.41, 5.74) is -1.77. The average molecular weight is 452 g/mol. The normalized spacial score (nSPS) is 14.9. The van der Waals surface area contributed by atoms with E-state index in [0.717, 1.165) is 26.2 Å². The first-order valence-electron chi connectivity index (χ1n) is 11.8. The summed E-state index contributed by atoms with van der Waals surface area (Å²) >= 11 is 0. The molecule has 32 heavy (non-hydrogen) atoms. The average Bonchev–Trinajstić information content (AvgIpc) is 2.80. The van der Waals surface area contributed by atoms with Crippen LogP contribution in [0.2, 0.25) is 0 Å². The van der Waals surface area contributed by atoms with Gasteiger partial charge in [-0.05, 0) is 25.5 Å². The minimum atomic E-state index is -2.34. The summed E-state index contributed by atoms with van der Waals surface area (Å²) in [7, 11) is 0. The van der Waals surface area contributed by atoms with Crippen molar-refractivity contribution in [3.63, 3.8) is 0 Å². The van der Waals surface area contributed by atoms with E-state index in [1.165, 1.54) is 44.9 Å². The predicted octanol–water partition coefficient (Wildman–Crippen LogP) is 2.21. The lowest BCUT2D eigenvalue weighted by Gasteiger charge is -2.31. The molecule has 0 aliphatic rings. The molecule has 0 aliphatic heterocycles. The van der Waals surface area contributed by atoms with Gasteiger partial charge < -0.3 is 26.0 Å². The highest BCUT2D eigenvalue weighted by Gasteiger charge is 2.45. The van der Waals surface area contributed by atoms with Crippen molar-refractivity contribution in [3.8, 4) is 0 Å². The number of aliphatic hydroxyl groups is 3. The zero-order valence-corrected chi connectivity index (χ0v) is 19.6. The number of nitrogens with one attached hydrogen (secondary N) is 2. The Morgan fingerprint density at radius 1 is 0.906 bits per heavy atom. The first-order valence-corrected chi connectivity index (χ1v) is 11.8. The molecule has 1 heterocycles. The highest BCUT2D eigenvalue weighted by Crippen LogP contribution is 2.17. The number of nitrogens with zero attached hydrogens (tertiary/aromatic N) is 1. The second-order valence-corrected chi connectivity index (χ2v) is 8.54. The maximum absolute atomic E-state index is 12.2. The molecule has 0 radical (unpaired) electrons. The Kier molecular flexibility index (Phi) is 13.8. The van der Waals surface area contributed by atoms with Gasteiger partial charge in [-0.1, -0.05) is 70.8 Å². The highest BCUT2D eigenvalue weighted by atomic mass is 16.4. The van der Waals surface area contributed by atoms with Gasteiger partial charge in [0.25, 0.3) is 11.8 Å². The van der Waals surface area contributed by atoms with Crippen molar-refractivity contribution < 1.29 is 24.9 Å². The lowest BCUT2D eigenvalue weighted by Crippen LogP contribution is -2.60. The molecular formula is C24H41N3O5. The second kappa shape index (κ2) is 15.7. The fourth-order valence-corrected chi connectivity index (χ4v) is 3.38. The highest BCUT2D eigenvalue weighted by molar-refractivity contribution is 5.86. The van der Waals surface area contributed by atoms with Crippen LogP contribution in [-0.4, -0.2) is 56.5 Å². The molecule has 3 unspecified atom stereocenters. The Morgan fingerprint density at radius 3 is 1.97 bits per heavy atom. The van der Waals surface area contributed by atoms with Crippen LogP contribution in [0.15, 0.2) is 24.4 Å². The number of aliphatic hydroxyl groups excluding tert-OH is 2. The van der Waals surface area contributed by atoms with Crippen LogP contribution in [0.1, 0.15) is 83.7 Å². The van der Waals surface area contributed by atoms with E-state index in [9.17, 15) is 24.9 Å². The molecule has 0 bridgehead atoms. The molecular weight excluding hydrogens is 410 g/mol. The van der Waals surface area contributed by atoms with Crippen molar-refractivity contribution in [3.05, 3.63) is 30.1 Å². The summed E-state index contributed by atoms with van der Waals surface area (Å²) in [6.07, 6.45) is 9.35. The number of unbranched alkanes of at least 4 members (excludes halogenated alkanes) is 9. The lowest BCUT2D eigenvalue weighted by atomic mass is 9.91. The van der Waals surface area contributed by atoms with Crippen molar-refractivity contribution in [1.29, 1.82) is 0 Å². The number of aromatic nitrogens is 1. The maximum Gasteiger partial charge on any atom is 0.252 e. The van der Waals surface area contributed by atoms with E-state index in [1.54, 1.807) is 24.4 Å². The summed E-state index contributed by atoms with van der Waals surface area (Å²) in [6.45, 7) is 3.68. The Balaban J connectivity index is 2.25. The van der Waals surface area contributed by atoms with E-state index in [1.807, 2.05) is 0 Å². The van der Waals surface area contributed by atoms with Crippen LogP contribution < -0.4 is 10.6 Å². The largest absolute Gasteiger partial charge is 0.384 e. The number of carbonyl (C=O) groups is 2. The molecule has 2 amide bonds. The number of amides is 2. The van der Waals surface area contributed by atoms with Crippen molar-refractivity contribution in [1.82, 2.24) is 15.6 Å². The summed E-state index contributed by atoms with van der Waals surface area (Å²) in [5, 5.41) is 35.8. The Morgan fingerprint density at radius 2 is 1.44 bits per heavy atom. The Hall–Kier alpha value is -2.03. The molecule has 0 saturated carbocycles. The predicted molar refractivity (Wildman–Crippen MR) is 124 cm³/mol. The molecule has 3 atom stereocenters. The van der Waals surface area contributed by atoms with Crippen molar-refractivity contribution in [2.24, 2.45) is 0 Å². The van der Waals surface area contributed by atoms with Crippen LogP contribution in [0.4, 0.5) is 0 Å². The van der Waals surface area contributed by atoms with E-state index in [2.05, 4.69) is 22.5 Å². The van der Waals surface area contributed by atoms with Gasteiger partial charge in [-0.25, -0.2) is 0 Å². The summed E-state index contributed by atoms with van der Waals surface area (Å²) in [6, 6.07) is 5.18. The van der Waals surface area contributed by atoms with Gasteiger partial charge >= 0.3 is 0 Å². The van der Waals surface area contributed by atoms with E-state index in [-0.39, 0.29) is 6.54 Å². The van der Waals surface area contributed by atoms with Crippen LogP contribution in [0.3, 0.4) is 0 Å². The molecule has 0 spiro atoms. The van der Waals surface area contributed by atoms with Crippen LogP contribution in [0, 0.1) is 0 Å². The van der Waals surface area contributed by atoms with Crippen LogP contribution in [0.25, 0.3) is 0 Å². The van der Waals surface area contributed by atoms with Crippen molar-refractivity contribution in [2.45, 2.75) is 102 Å². The zero-order chi connectivity index (χ0) is 23.8. The van der Waals surface area contributed by atoms with E-state index in [4.69, 9.17) is 0 Å². The molecule has 1 aromatic rings. The molecule has 8 nitrogen and oxygen atoms in total. The van der Waals surface area contributed by atoms with Gasteiger partial charge in [-0.3, -0.25) is 14.6 Å². The second-order valence-electron chi connectivity index (χ2n) is 8.54. The third-order valence-corrected chi connectivity index (χ3v) is 5.60. The number of hydrogen-bond donors (Lipinski definition) is 5. The van der Waals surface area contributed by atoms with Gasteiger partial charge in [0.15, 0.2) is 12.2 Å². The molecule has 0 fully saturated rings. The number of hydrogen-bond acceptors (Lipinski definition) is 6. The molecule has 5 N–H and O–H groups in total. The summed E-state index contributed by atoms with van der Waals surface area (Å²) in [4.78, 5) is 28.4.